The average Bonchev–Trinajstić information content (AvgIpc) is 2.60. The number of nitriles is 1. The topological polar surface area (TPSA) is 52.9 Å². The maximum atomic E-state index is 11.9. The van der Waals surface area contributed by atoms with Gasteiger partial charge in [0.2, 0.25) is 5.91 Å². The Kier molecular flexibility index (Phi) is 2.45. The fraction of sp³-hybridized carbons (Fsp3) is 0.818. The van der Waals surface area contributed by atoms with E-state index in [0.29, 0.717) is 6.04 Å². The summed E-state index contributed by atoms with van der Waals surface area (Å²) in [5, 5.41) is 12.1. The Hall–Kier alpha value is -1.04. The molecule has 1 amide bonds. The first-order chi connectivity index (χ1) is 6.77. The minimum absolute atomic E-state index is 0.0119. The van der Waals surface area contributed by atoms with E-state index in [0.717, 1.165) is 38.5 Å². The molecule has 0 heterocycles. The molecule has 76 valence electrons. The van der Waals surface area contributed by atoms with Crippen molar-refractivity contribution in [3.63, 3.8) is 0 Å². The van der Waals surface area contributed by atoms with Crippen LogP contribution in [0.4, 0.5) is 0 Å². The first kappa shape index (κ1) is 9.51. The number of nitrogens with zero attached hydrogens (tertiary/aromatic N) is 1. The molecule has 14 heavy (non-hydrogen) atoms. The molecule has 3 nitrogen and oxygen atoms in total. The van der Waals surface area contributed by atoms with Crippen molar-refractivity contribution in [3.8, 4) is 6.07 Å². The lowest BCUT2D eigenvalue weighted by atomic mass is 9.85. The number of carbonyl (C=O) groups is 1. The summed E-state index contributed by atoms with van der Waals surface area (Å²) in [7, 11) is 0. The van der Waals surface area contributed by atoms with E-state index in [9.17, 15) is 4.79 Å². The highest BCUT2D eigenvalue weighted by Gasteiger charge is 2.42. The number of rotatable bonds is 2. The zero-order chi connectivity index (χ0) is 10.0. The molecular weight excluding hydrogens is 176 g/mol. The summed E-state index contributed by atoms with van der Waals surface area (Å²) < 4.78 is 0. The van der Waals surface area contributed by atoms with Crippen LogP contribution in [0.5, 0.6) is 0 Å². The summed E-state index contributed by atoms with van der Waals surface area (Å²) >= 11 is 0. The molecule has 1 N–H and O–H groups in total. The lowest BCUT2D eigenvalue weighted by molar-refractivity contribution is -0.129. The van der Waals surface area contributed by atoms with Crippen LogP contribution in [0.15, 0.2) is 0 Å². The zero-order valence-electron chi connectivity index (χ0n) is 8.38. The van der Waals surface area contributed by atoms with Crippen molar-refractivity contribution >= 4 is 5.91 Å². The van der Waals surface area contributed by atoms with Gasteiger partial charge in [-0.3, -0.25) is 4.79 Å². The molecular formula is C11H16N2O. The van der Waals surface area contributed by atoms with Crippen LogP contribution in [-0.2, 0) is 4.79 Å². The number of nitrogens with one attached hydrogen (secondary N) is 1. The van der Waals surface area contributed by atoms with E-state index in [2.05, 4.69) is 11.4 Å². The van der Waals surface area contributed by atoms with Gasteiger partial charge in [-0.25, -0.2) is 0 Å². The van der Waals surface area contributed by atoms with Gasteiger partial charge in [0.05, 0.1) is 6.07 Å². The quantitative estimate of drug-likeness (QED) is 0.724. The van der Waals surface area contributed by atoms with Gasteiger partial charge in [0.25, 0.3) is 0 Å². The van der Waals surface area contributed by atoms with Gasteiger partial charge in [0.15, 0.2) is 0 Å². The van der Waals surface area contributed by atoms with Crippen LogP contribution in [0.2, 0.25) is 0 Å². The first-order valence-corrected chi connectivity index (χ1v) is 5.49. The predicted molar refractivity (Wildman–Crippen MR) is 52.3 cm³/mol. The maximum absolute atomic E-state index is 11.9. The van der Waals surface area contributed by atoms with Gasteiger partial charge in [-0.2, -0.15) is 5.26 Å². The fourth-order valence-corrected chi connectivity index (χ4v) is 2.24. The average molecular weight is 192 g/mol. The molecule has 0 spiro atoms. The van der Waals surface area contributed by atoms with E-state index in [-0.39, 0.29) is 5.91 Å². The molecule has 0 aromatic heterocycles. The van der Waals surface area contributed by atoms with E-state index in [1.165, 1.54) is 6.42 Å². The van der Waals surface area contributed by atoms with Gasteiger partial charge in [-0.05, 0) is 32.1 Å². The Bertz CT molecular complexity index is 270. The van der Waals surface area contributed by atoms with E-state index in [1.807, 2.05) is 0 Å². The molecule has 2 aliphatic carbocycles. The molecule has 3 heteroatoms. The molecule has 2 rings (SSSR count). The largest absolute Gasteiger partial charge is 0.352 e. The molecule has 2 fully saturated rings. The third-order valence-electron chi connectivity index (χ3n) is 3.55. The first-order valence-electron chi connectivity index (χ1n) is 5.49. The van der Waals surface area contributed by atoms with Crippen LogP contribution in [0.25, 0.3) is 0 Å². The van der Waals surface area contributed by atoms with Crippen molar-refractivity contribution in [3.05, 3.63) is 0 Å². The van der Waals surface area contributed by atoms with Gasteiger partial charge in [0, 0.05) is 6.04 Å². The van der Waals surface area contributed by atoms with Crippen molar-refractivity contribution in [2.75, 3.05) is 0 Å². The summed E-state index contributed by atoms with van der Waals surface area (Å²) in [6.45, 7) is 0. The van der Waals surface area contributed by atoms with Crippen LogP contribution in [0, 0.1) is 16.7 Å². The number of carbonyl (C=O) groups excluding carboxylic acids is 1. The summed E-state index contributed by atoms with van der Waals surface area (Å²) in [6.07, 6.45) is 6.94. The highest BCUT2D eigenvalue weighted by atomic mass is 16.2. The Morgan fingerprint density at radius 2 is 1.93 bits per heavy atom. The molecule has 0 aliphatic heterocycles. The van der Waals surface area contributed by atoms with E-state index in [4.69, 9.17) is 5.26 Å². The van der Waals surface area contributed by atoms with Gasteiger partial charge < -0.3 is 5.32 Å². The van der Waals surface area contributed by atoms with Gasteiger partial charge in [-0.15, -0.1) is 0 Å². The molecule has 0 atom stereocenters. The second-order valence-electron chi connectivity index (χ2n) is 4.50. The number of amides is 1. The van der Waals surface area contributed by atoms with Crippen LogP contribution < -0.4 is 5.32 Å². The molecule has 0 bridgehead atoms. The summed E-state index contributed by atoms with van der Waals surface area (Å²) in [5.41, 5.74) is -0.685. The van der Waals surface area contributed by atoms with Crippen molar-refractivity contribution < 1.29 is 4.79 Å². The van der Waals surface area contributed by atoms with Crippen LogP contribution in [-0.4, -0.2) is 11.9 Å². The second-order valence-corrected chi connectivity index (χ2v) is 4.50. The van der Waals surface area contributed by atoms with Gasteiger partial charge in [-0.1, -0.05) is 12.8 Å². The minimum Gasteiger partial charge on any atom is -0.352 e. The lowest BCUT2D eigenvalue weighted by Gasteiger charge is -2.30. The van der Waals surface area contributed by atoms with Crippen molar-refractivity contribution in [2.45, 2.75) is 51.0 Å². The Balaban J connectivity index is 1.97. The number of hydrogen-bond donors (Lipinski definition) is 1. The smallest absolute Gasteiger partial charge is 0.240 e. The zero-order valence-corrected chi connectivity index (χ0v) is 8.38. The Morgan fingerprint density at radius 3 is 2.36 bits per heavy atom. The van der Waals surface area contributed by atoms with Gasteiger partial charge in [0.1, 0.15) is 5.41 Å². The summed E-state index contributed by atoms with van der Waals surface area (Å²) in [4.78, 5) is 11.9. The van der Waals surface area contributed by atoms with Crippen molar-refractivity contribution in [2.24, 2.45) is 5.41 Å². The number of hydrogen-bond acceptors (Lipinski definition) is 2. The molecule has 0 radical (unpaired) electrons. The van der Waals surface area contributed by atoms with Crippen LogP contribution >= 0.6 is 0 Å². The third kappa shape index (κ3) is 1.50. The lowest BCUT2D eigenvalue weighted by Crippen LogP contribution is -2.46. The normalized spacial score (nSPS) is 25.1. The summed E-state index contributed by atoms with van der Waals surface area (Å²) in [5.74, 6) is -0.0119. The van der Waals surface area contributed by atoms with E-state index >= 15 is 0 Å². The Morgan fingerprint density at radius 1 is 1.29 bits per heavy atom. The molecule has 0 saturated heterocycles. The monoisotopic (exact) mass is 192 g/mol. The van der Waals surface area contributed by atoms with E-state index in [1.54, 1.807) is 0 Å². The van der Waals surface area contributed by atoms with Crippen LogP contribution in [0.1, 0.15) is 44.9 Å². The standard InChI is InChI=1S/C11H16N2O/c12-8-11(6-1-2-7-11)10(14)13-9-4-3-5-9/h9H,1-7H2,(H,13,14). The van der Waals surface area contributed by atoms with Gasteiger partial charge >= 0.3 is 0 Å². The fourth-order valence-electron chi connectivity index (χ4n) is 2.24. The predicted octanol–water partition coefficient (Wildman–Crippen LogP) is 1.74. The Labute approximate surface area is 84.5 Å². The minimum atomic E-state index is -0.685. The van der Waals surface area contributed by atoms with Crippen LogP contribution in [0.3, 0.4) is 0 Å². The maximum Gasteiger partial charge on any atom is 0.240 e. The highest BCUT2D eigenvalue weighted by molar-refractivity contribution is 5.86. The highest BCUT2D eigenvalue weighted by Crippen LogP contribution is 2.38. The molecule has 0 aromatic carbocycles. The van der Waals surface area contributed by atoms with Crippen molar-refractivity contribution in [1.82, 2.24) is 5.32 Å². The molecule has 0 aromatic rings. The molecule has 2 saturated carbocycles. The van der Waals surface area contributed by atoms with E-state index < -0.39 is 5.41 Å². The molecule has 0 unspecified atom stereocenters. The summed E-state index contributed by atoms with van der Waals surface area (Å²) in [6, 6.07) is 2.57. The van der Waals surface area contributed by atoms with Crippen molar-refractivity contribution in [1.29, 1.82) is 5.26 Å². The SMILES string of the molecule is N#CC1(C(=O)NC2CCC2)CCCC1. The third-order valence-corrected chi connectivity index (χ3v) is 3.55. The second kappa shape index (κ2) is 3.61. The molecule has 2 aliphatic rings.